The van der Waals surface area contributed by atoms with Gasteiger partial charge in [0.2, 0.25) is 0 Å². The van der Waals surface area contributed by atoms with E-state index >= 15 is 0 Å². The number of carbonyl (C=O) groups excluding carboxylic acids is 1. The van der Waals surface area contributed by atoms with E-state index in [4.69, 9.17) is 14.2 Å². The third-order valence-corrected chi connectivity index (χ3v) is 7.94. The average molecular weight is 631 g/mol. The first kappa shape index (κ1) is 30.8. The number of allylic oxidation sites excluding steroid dienone is 1. The third kappa shape index (κ3) is 6.21. The number of non-ortho nitro benzene ring substituents is 2. The zero-order chi connectivity index (χ0) is 32.2. The molecule has 3 aromatic carbocycles. The molecule has 2 heterocycles. The molecule has 0 saturated heterocycles. The number of rotatable bonds is 10. The van der Waals surface area contributed by atoms with Crippen molar-refractivity contribution in [2.24, 2.45) is 4.99 Å². The first-order chi connectivity index (χ1) is 21.6. The summed E-state index contributed by atoms with van der Waals surface area (Å²) in [6.07, 6.45) is 1.62. The van der Waals surface area contributed by atoms with Crippen LogP contribution in [0.25, 0.3) is 6.08 Å². The minimum absolute atomic E-state index is 0.0446. The Bertz CT molecular complexity index is 2030. The molecule has 0 unspecified atom stereocenters. The number of carbonyl (C=O) groups is 1. The lowest BCUT2D eigenvalue weighted by Gasteiger charge is -2.24. The lowest BCUT2D eigenvalue weighted by atomic mass is 9.95. The molecule has 0 spiro atoms. The van der Waals surface area contributed by atoms with E-state index in [1.54, 1.807) is 56.3 Å². The Morgan fingerprint density at radius 1 is 1.04 bits per heavy atom. The third-order valence-electron chi connectivity index (χ3n) is 6.96. The number of nitrogens with zero attached hydrogens (tertiary/aromatic N) is 4. The molecular formula is C31H26N4O9S. The van der Waals surface area contributed by atoms with Gasteiger partial charge >= 0.3 is 5.97 Å². The molecule has 5 rings (SSSR count). The molecule has 1 atom stereocenters. The van der Waals surface area contributed by atoms with Gasteiger partial charge in [-0.1, -0.05) is 35.6 Å². The van der Waals surface area contributed by atoms with E-state index in [9.17, 15) is 29.8 Å². The number of nitro benzene ring substituents is 2. The molecule has 0 aliphatic carbocycles. The van der Waals surface area contributed by atoms with Crippen molar-refractivity contribution in [3.63, 3.8) is 0 Å². The highest BCUT2D eigenvalue weighted by molar-refractivity contribution is 7.07. The highest BCUT2D eigenvalue weighted by Crippen LogP contribution is 2.34. The Balaban J connectivity index is 1.62. The van der Waals surface area contributed by atoms with E-state index in [0.717, 1.165) is 11.3 Å². The van der Waals surface area contributed by atoms with Crippen LogP contribution >= 0.6 is 11.3 Å². The quantitative estimate of drug-likeness (QED) is 0.142. The van der Waals surface area contributed by atoms with Crippen molar-refractivity contribution in [1.82, 2.24) is 4.57 Å². The van der Waals surface area contributed by atoms with E-state index in [2.05, 4.69) is 4.99 Å². The van der Waals surface area contributed by atoms with Gasteiger partial charge in [-0.3, -0.25) is 29.6 Å². The zero-order valence-electron chi connectivity index (χ0n) is 24.3. The lowest BCUT2D eigenvalue weighted by Crippen LogP contribution is -2.40. The van der Waals surface area contributed by atoms with E-state index in [0.29, 0.717) is 38.7 Å². The van der Waals surface area contributed by atoms with Crippen molar-refractivity contribution in [3.05, 3.63) is 135 Å². The van der Waals surface area contributed by atoms with Gasteiger partial charge in [0.05, 0.1) is 45.4 Å². The average Bonchev–Trinajstić information content (AvgIpc) is 3.33. The molecule has 0 amide bonds. The molecule has 0 fully saturated rings. The Labute approximate surface area is 259 Å². The fraction of sp³-hybridized carbons (Fsp3) is 0.194. The maximum absolute atomic E-state index is 14.0. The smallest absolute Gasteiger partial charge is 0.338 e. The first-order valence-electron chi connectivity index (χ1n) is 13.6. The number of hydrogen-bond donors (Lipinski definition) is 0. The maximum Gasteiger partial charge on any atom is 0.338 e. The topological polar surface area (TPSA) is 165 Å². The lowest BCUT2D eigenvalue weighted by molar-refractivity contribution is -0.385. The normalized spacial score (nSPS) is 14.4. The number of esters is 1. The molecule has 0 saturated carbocycles. The van der Waals surface area contributed by atoms with Crippen LogP contribution in [-0.2, 0) is 16.1 Å². The van der Waals surface area contributed by atoms with Crippen molar-refractivity contribution >= 4 is 34.8 Å². The number of benzene rings is 3. The summed E-state index contributed by atoms with van der Waals surface area (Å²) in [7, 11) is 1.48. The van der Waals surface area contributed by atoms with Gasteiger partial charge < -0.3 is 14.2 Å². The molecule has 1 aromatic heterocycles. The number of ether oxygens (including phenoxy) is 3. The molecule has 1 aliphatic rings. The largest absolute Gasteiger partial charge is 0.493 e. The number of hydrogen-bond acceptors (Lipinski definition) is 11. The van der Waals surface area contributed by atoms with E-state index in [1.165, 1.54) is 42.0 Å². The summed E-state index contributed by atoms with van der Waals surface area (Å²) < 4.78 is 18.5. The number of thiazole rings is 1. The molecule has 1 aliphatic heterocycles. The van der Waals surface area contributed by atoms with E-state index in [-0.39, 0.29) is 34.7 Å². The van der Waals surface area contributed by atoms with Crippen molar-refractivity contribution in [3.8, 4) is 11.5 Å². The number of aromatic nitrogens is 1. The summed E-state index contributed by atoms with van der Waals surface area (Å²) >= 11 is 1.09. The molecule has 45 heavy (non-hydrogen) atoms. The van der Waals surface area contributed by atoms with Crippen LogP contribution in [0, 0.1) is 20.2 Å². The highest BCUT2D eigenvalue weighted by atomic mass is 32.1. The highest BCUT2D eigenvalue weighted by Gasteiger charge is 2.34. The predicted molar refractivity (Wildman–Crippen MR) is 164 cm³/mol. The minimum Gasteiger partial charge on any atom is -0.493 e. The van der Waals surface area contributed by atoms with Gasteiger partial charge in [-0.25, -0.2) is 9.79 Å². The summed E-state index contributed by atoms with van der Waals surface area (Å²) in [6, 6.07) is 15.8. The Kier molecular flexibility index (Phi) is 8.86. The molecule has 230 valence electrons. The standard InChI is InChI=1S/C31H26N4O9S/c1-4-43-30(37)26-18(2)32-31-33(27(26)20-7-5-9-23(15-20)35(40)41)29(36)25(45-31)16-21-8-6-10-24(42-3)28(21)44-17-19-11-13-22(14-12-19)34(38)39/h5-16,27H,4,17H2,1-3H3/b25-16+/t27-/m1/s1. The number of nitro groups is 2. The van der Waals surface area contributed by atoms with Crippen LogP contribution in [0.3, 0.4) is 0 Å². The fourth-order valence-corrected chi connectivity index (χ4v) is 5.93. The van der Waals surface area contributed by atoms with Crippen LogP contribution in [0.5, 0.6) is 11.5 Å². The van der Waals surface area contributed by atoms with Crippen molar-refractivity contribution in [2.75, 3.05) is 13.7 Å². The Hall–Kier alpha value is -5.63. The first-order valence-corrected chi connectivity index (χ1v) is 14.4. The Morgan fingerprint density at radius 2 is 1.76 bits per heavy atom. The second kappa shape index (κ2) is 12.9. The summed E-state index contributed by atoms with van der Waals surface area (Å²) in [5, 5.41) is 22.6. The molecule has 0 bridgehead atoms. The molecule has 0 radical (unpaired) electrons. The molecule has 14 heteroatoms. The van der Waals surface area contributed by atoms with Gasteiger partial charge in [0.25, 0.3) is 16.9 Å². The predicted octanol–water partition coefficient (Wildman–Crippen LogP) is 4.20. The molecule has 4 aromatic rings. The van der Waals surface area contributed by atoms with E-state index in [1.807, 2.05) is 0 Å². The second-order valence-corrected chi connectivity index (χ2v) is 10.8. The number of methoxy groups -OCH3 is 1. The summed E-state index contributed by atoms with van der Waals surface area (Å²) in [4.78, 5) is 53.5. The monoisotopic (exact) mass is 630 g/mol. The minimum atomic E-state index is -1.02. The van der Waals surface area contributed by atoms with Gasteiger partial charge in [0, 0.05) is 29.8 Å². The van der Waals surface area contributed by atoms with Gasteiger partial charge in [0.1, 0.15) is 6.61 Å². The van der Waals surface area contributed by atoms with Crippen LogP contribution in [0.1, 0.15) is 36.6 Å². The SMILES string of the molecule is CCOC(=O)C1=C(C)N=c2s/c(=C/c3cccc(OC)c3OCc3ccc([N+](=O)[O-])cc3)c(=O)n2[C@@H]1c1cccc([N+](=O)[O-])c1. The van der Waals surface area contributed by atoms with Crippen LogP contribution in [-0.4, -0.2) is 34.1 Å². The van der Waals surface area contributed by atoms with Gasteiger partial charge in [-0.2, -0.15) is 0 Å². The summed E-state index contributed by atoms with van der Waals surface area (Å²) in [5.41, 5.74) is 1.24. The Morgan fingerprint density at radius 3 is 2.42 bits per heavy atom. The molecule has 13 nitrogen and oxygen atoms in total. The van der Waals surface area contributed by atoms with Gasteiger partial charge in [-0.05, 0) is 49.2 Å². The number of fused-ring (bicyclic) bond motifs is 1. The second-order valence-electron chi connectivity index (χ2n) is 9.75. The summed E-state index contributed by atoms with van der Waals surface area (Å²) in [6.45, 7) is 3.43. The molecular weight excluding hydrogens is 604 g/mol. The van der Waals surface area contributed by atoms with Gasteiger partial charge in [0.15, 0.2) is 16.3 Å². The fourth-order valence-electron chi connectivity index (χ4n) is 4.89. The van der Waals surface area contributed by atoms with Gasteiger partial charge in [-0.15, -0.1) is 0 Å². The summed E-state index contributed by atoms with van der Waals surface area (Å²) in [5.74, 6) is 0.0513. The van der Waals surface area contributed by atoms with Crippen molar-refractivity contribution in [2.45, 2.75) is 26.5 Å². The maximum atomic E-state index is 14.0. The van der Waals surface area contributed by atoms with Crippen LogP contribution < -0.4 is 24.4 Å². The number of para-hydroxylation sites is 1. The van der Waals surface area contributed by atoms with Crippen LogP contribution in [0.4, 0.5) is 11.4 Å². The zero-order valence-corrected chi connectivity index (χ0v) is 25.1. The van der Waals surface area contributed by atoms with Crippen molar-refractivity contribution < 1.29 is 28.9 Å². The van der Waals surface area contributed by atoms with E-state index < -0.39 is 27.4 Å². The molecule has 0 N–H and O–H groups in total. The van der Waals surface area contributed by atoms with Crippen LogP contribution in [0.2, 0.25) is 0 Å². The van der Waals surface area contributed by atoms with Crippen LogP contribution in [0.15, 0.2) is 87.8 Å². The van der Waals surface area contributed by atoms with Crippen molar-refractivity contribution in [1.29, 1.82) is 0 Å².